The molecular weight excluding hydrogens is 363 g/mol. The summed E-state index contributed by atoms with van der Waals surface area (Å²) >= 11 is 0. The number of rotatable bonds is 4. The molecule has 0 saturated heterocycles. The molecule has 0 aliphatic carbocycles. The lowest BCUT2D eigenvalue weighted by molar-refractivity contribution is -0.137. The van der Waals surface area contributed by atoms with Gasteiger partial charge in [0, 0.05) is 11.8 Å². The second-order valence-corrected chi connectivity index (χ2v) is 5.65. The molecule has 8 heteroatoms. The van der Waals surface area contributed by atoms with E-state index in [1.807, 2.05) is 0 Å². The summed E-state index contributed by atoms with van der Waals surface area (Å²) in [6.45, 7) is 0.839. The molecule has 1 amide bonds. The van der Waals surface area contributed by atoms with E-state index in [1.165, 1.54) is 25.3 Å². The molecule has 0 fully saturated rings. The molecule has 0 aromatic heterocycles. The molecule has 0 saturated carbocycles. The van der Waals surface area contributed by atoms with Gasteiger partial charge in [-0.25, -0.2) is 0 Å². The molecule has 1 aliphatic rings. The number of fused-ring (bicyclic) bond motifs is 1. The summed E-state index contributed by atoms with van der Waals surface area (Å²) in [4.78, 5) is 12.0. The van der Waals surface area contributed by atoms with Crippen molar-refractivity contribution in [1.82, 2.24) is 0 Å². The predicted octanol–water partition coefficient (Wildman–Crippen LogP) is 4.14. The Kier molecular flexibility index (Phi) is 5.25. The van der Waals surface area contributed by atoms with E-state index in [1.54, 1.807) is 18.2 Å². The fourth-order valence-electron chi connectivity index (χ4n) is 2.49. The maximum Gasteiger partial charge on any atom is 0.416 e. The number of nitrogens with one attached hydrogen (secondary N) is 1. The Balaban J connectivity index is 1.70. The first-order valence-electron chi connectivity index (χ1n) is 8.01. The Bertz CT molecular complexity index is 843. The second-order valence-electron chi connectivity index (χ2n) is 5.65. The minimum Gasteiger partial charge on any atom is -0.493 e. The van der Waals surface area contributed by atoms with E-state index in [2.05, 4.69) is 5.32 Å². The van der Waals surface area contributed by atoms with Gasteiger partial charge in [-0.15, -0.1) is 0 Å². The van der Waals surface area contributed by atoms with Crippen LogP contribution in [0.3, 0.4) is 0 Å². The summed E-state index contributed by atoms with van der Waals surface area (Å²) < 4.78 is 53.9. The number of hydrogen-bond donors (Lipinski definition) is 1. The Morgan fingerprint density at radius 3 is 2.52 bits per heavy atom. The molecule has 2 aromatic carbocycles. The standard InChI is InChI=1S/C19H16F3NO4/c1-25-15-10-12(11-16-18(15)27-9-8-26-16)2-7-17(24)23-14-5-3-13(4-6-14)19(20,21)22/h2-7,10-11H,8-9H2,1H3,(H,23,24)/b7-2+. The van der Waals surface area contributed by atoms with Crippen LogP contribution in [0, 0.1) is 0 Å². The number of amides is 1. The molecule has 1 heterocycles. The fraction of sp³-hybridized carbons (Fsp3) is 0.211. The van der Waals surface area contributed by atoms with Crippen LogP contribution in [-0.4, -0.2) is 26.2 Å². The molecule has 1 N–H and O–H groups in total. The zero-order valence-corrected chi connectivity index (χ0v) is 14.3. The fourth-order valence-corrected chi connectivity index (χ4v) is 2.49. The van der Waals surface area contributed by atoms with Gasteiger partial charge in [0.05, 0.1) is 12.7 Å². The van der Waals surface area contributed by atoms with Crippen molar-refractivity contribution in [2.45, 2.75) is 6.18 Å². The van der Waals surface area contributed by atoms with Crippen molar-refractivity contribution < 1.29 is 32.2 Å². The third kappa shape index (κ3) is 4.52. The molecule has 0 atom stereocenters. The van der Waals surface area contributed by atoms with Crippen LogP contribution in [0.5, 0.6) is 17.2 Å². The molecule has 1 aliphatic heterocycles. The predicted molar refractivity (Wildman–Crippen MR) is 93.1 cm³/mol. The quantitative estimate of drug-likeness (QED) is 0.812. The number of carbonyl (C=O) groups is 1. The van der Waals surface area contributed by atoms with Crippen LogP contribution in [0.4, 0.5) is 18.9 Å². The number of methoxy groups -OCH3 is 1. The van der Waals surface area contributed by atoms with Crippen molar-refractivity contribution in [1.29, 1.82) is 0 Å². The Morgan fingerprint density at radius 2 is 1.85 bits per heavy atom. The van der Waals surface area contributed by atoms with Gasteiger partial charge in [0.15, 0.2) is 11.5 Å². The zero-order valence-electron chi connectivity index (χ0n) is 14.3. The van der Waals surface area contributed by atoms with Crippen molar-refractivity contribution >= 4 is 17.7 Å². The molecule has 3 rings (SSSR count). The van der Waals surface area contributed by atoms with E-state index < -0.39 is 17.6 Å². The van der Waals surface area contributed by atoms with Crippen LogP contribution < -0.4 is 19.5 Å². The molecular formula is C19H16F3NO4. The highest BCUT2D eigenvalue weighted by Crippen LogP contribution is 2.40. The van der Waals surface area contributed by atoms with E-state index in [0.717, 1.165) is 12.1 Å². The van der Waals surface area contributed by atoms with Crippen molar-refractivity contribution in [2.24, 2.45) is 0 Å². The summed E-state index contributed by atoms with van der Waals surface area (Å²) in [5, 5.41) is 2.50. The maximum atomic E-state index is 12.5. The SMILES string of the molecule is COc1cc(/C=C/C(=O)Nc2ccc(C(F)(F)F)cc2)cc2c1OCCO2. The first-order valence-corrected chi connectivity index (χ1v) is 8.01. The summed E-state index contributed by atoms with van der Waals surface area (Å²) in [6, 6.07) is 7.60. The lowest BCUT2D eigenvalue weighted by atomic mass is 10.1. The highest BCUT2D eigenvalue weighted by Gasteiger charge is 2.29. The molecule has 142 valence electrons. The molecule has 0 spiro atoms. The summed E-state index contributed by atoms with van der Waals surface area (Å²) in [5.41, 5.74) is 0.135. The van der Waals surface area contributed by atoms with Gasteiger partial charge in [-0.1, -0.05) is 0 Å². The Labute approximate surface area is 153 Å². The third-order valence-electron chi connectivity index (χ3n) is 3.76. The van der Waals surface area contributed by atoms with Crippen LogP contribution in [0.2, 0.25) is 0 Å². The summed E-state index contributed by atoms with van der Waals surface area (Å²) in [6.07, 6.45) is -1.61. The van der Waals surface area contributed by atoms with E-state index in [-0.39, 0.29) is 5.69 Å². The van der Waals surface area contributed by atoms with Crippen LogP contribution in [0.1, 0.15) is 11.1 Å². The highest BCUT2D eigenvalue weighted by atomic mass is 19.4. The summed E-state index contributed by atoms with van der Waals surface area (Å²) in [7, 11) is 1.50. The largest absolute Gasteiger partial charge is 0.493 e. The van der Waals surface area contributed by atoms with E-state index in [9.17, 15) is 18.0 Å². The minimum atomic E-state index is -4.42. The van der Waals surface area contributed by atoms with Gasteiger partial charge in [-0.2, -0.15) is 13.2 Å². The van der Waals surface area contributed by atoms with E-state index >= 15 is 0 Å². The van der Waals surface area contributed by atoms with Crippen LogP contribution in [-0.2, 0) is 11.0 Å². The van der Waals surface area contributed by atoms with Crippen molar-refractivity contribution in [2.75, 3.05) is 25.6 Å². The highest BCUT2D eigenvalue weighted by molar-refractivity contribution is 6.02. The van der Waals surface area contributed by atoms with Crippen molar-refractivity contribution in [3.05, 3.63) is 53.6 Å². The monoisotopic (exact) mass is 379 g/mol. The number of benzene rings is 2. The maximum absolute atomic E-state index is 12.5. The number of hydrogen-bond acceptors (Lipinski definition) is 4. The lowest BCUT2D eigenvalue weighted by Crippen LogP contribution is -2.16. The lowest BCUT2D eigenvalue weighted by Gasteiger charge is -2.20. The molecule has 0 radical (unpaired) electrons. The number of anilines is 1. The van der Waals surface area contributed by atoms with Gasteiger partial charge < -0.3 is 19.5 Å². The summed E-state index contributed by atoms with van der Waals surface area (Å²) in [5.74, 6) is 1.03. The average Bonchev–Trinajstić information content (AvgIpc) is 2.65. The van der Waals surface area contributed by atoms with Gasteiger partial charge >= 0.3 is 6.18 Å². The first kappa shape index (κ1) is 18.6. The molecule has 5 nitrogen and oxygen atoms in total. The van der Waals surface area contributed by atoms with Crippen molar-refractivity contribution in [3.63, 3.8) is 0 Å². The second kappa shape index (κ2) is 7.61. The Morgan fingerprint density at radius 1 is 1.15 bits per heavy atom. The topological polar surface area (TPSA) is 56.8 Å². The normalized spacial score (nSPS) is 13.5. The Hall–Kier alpha value is -3.16. The van der Waals surface area contributed by atoms with E-state index in [0.29, 0.717) is 36.0 Å². The van der Waals surface area contributed by atoms with Crippen LogP contribution >= 0.6 is 0 Å². The van der Waals surface area contributed by atoms with Gasteiger partial charge in [0.2, 0.25) is 11.7 Å². The smallest absolute Gasteiger partial charge is 0.416 e. The van der Waals surface area contributed by atoms with Crippen LogP contribution in [0.25, 0.3) is 6.08 Å². The first-order chi connectivity index (χ1) is 12.9. The number of halogens is 3. The van der Waals surface area contributed by atoms with Gasteiger partial charge in [-0.3, -0.25) is 4.79 Å². The van der Waals surface area contributed by atoms with Gasteiger partial charge in [0.1, 0.15) is 13.2 Å². The number of carbonyl (C=O) groups excluding carboxylic acids is 1. The number of alkyl halides is 3. The minimum absolute atomic E-state index is 0.261. The average molecular weight is 379 g/mol. The number of ether oxygens (including phenoxy) is 3. The van der Waals surface area contributed by atoms with Gasteiger partial charge in [-0.05, 0) is 48.0 Å². The van der Waals surface area contributed by atoms with E-state index in [4.69, 9.17) is 14.2 Å². The van der Waals surface area contributed by atoms with Gasteiger partial charge in [0.25, 0.3) is 0 Å². The molecule has 2 aromatic rings. The van der Waals surface area contributed by atoms with Crippen LogP contribution in [0.15, 0.2) is 42.5 Å². The third-order valence-corrected chi connectivity index (χ3v) is 3.76. The molecule has 0 bridgehead atoms. The molecule has 0 unspecified atom stereocenters. The van der Waals surface area contributed by atoms with Crippen molar-refractivity contribution in [3.8, 4) is 17.2 Å². The zero-order chi connectivity index (χ0) is 19.4. The molecule has 27 heavy (non-hydrogen) atoms.